The molecule has 0 spiro atoms. The van der Waals surface area contributed by atoms with Gasteiger partial charge in [-0.1, -0.05) is 30.4 Å². The van der Waals surface area contributed by atoms with E-state index in [0.29, 0.717) is 13.0 Å². The number of rotatable bonds is 5. The molecule has 0 saturated carbocycles. The highest BCUT2D eigenvalue weighted by Crippen LogP contribution is 2.07. The van der Waals surface area contributed by atoms with Crippen molar-refractivity contribution in [2.24, 2.45) is 0 Å². The molecule has 0 unspecified atom stereocenters. The average Bonchev–Trinajstić information content (AvgIpc) is 2.19. The summed E-state index contributed by atoms with van der Waals surface area (Å²) in [7, 11) is 0. The Bertz CT molecular complexity index is 242. The van der Waals surface area contributed by atoms with Crippen LogP contribution < -0.4 is 4.74 Å². The third-order valence-electron chi connectivity index (χ3n) is 1.55. The van der Waals surface area contributed by atoms with Crippen LogP contribution in [0.3, 0.4) is 0 Å². The van der Waals surface area contributed by atoms with Crippen LogP contribution in [0.2, 0.25) is 0 Å². The molecule has 0 radical (unpaired) electrons. The molecule has 13 heavy (non-hydrogen) atoms. The molecule has 0 bridgehead atoms. The lowest BCUT2D eigenvalue weighted by atomic mass is 10.3. The van der Waals surface area contributed by atoms with Crippen LogP contribution in [-0.4, -0.2) is 18.3 Å². The van der Waals surface area contributed by atoms with Crippen LogP contribution in [0.1, 0.15) is 6.42 Å². The van der Waals surface area contributed by atoms with Crippen molar-refractivity contribution in [3.05, 3.63) is 42.5 Å². The van der Waals surface area contributed by atoms with Crippen molar-refractivity contribution in [2.75, 3.05) is 13.2 Å². The highest BCUT2D eigenvalue weighted by molar-refractivity contribution is 5.21. The van der Waals surface area contributed by atoms with Crippen molar-refractivity contribution in [3.63, 3.8) is 0 Å². The highest BCUT2D eigenvalue weighted by Gasteiger charge is 1.86. The molecule has 2 nitrogen and oxygen atoms in total. The molecule has 2 heteroatoms. The number of hydrogen-bond acceptors (Lipinski definition) is 2. The van der Waals surface area contributed by atoms with Gasteiger partial charge in [-0.25, -0.2) is 0 Å². The van der Waals surface area contributed by atoms with E-state index < -0.39 is 0 Å². The molecule has 1 aromatic carbocycles. The lowest BCUT2D eigenvalue weighted by Gasteiger charge is -2.00. The summed E-state index contributed by atoms with van der Waals surface area (Å²) in [5.74, 6) is 0.871. The monoisotopic (exact) mass is 178 g/mol. The highest BCUT2D eigenvalue weighted by atomic mass is 16.5. The van der Waals surface area contributed by atoms with E-state index in [1.807, 2.05) is 42.5 Å². The zero-order valence-electron chi connectivity index (χ0n) is 7.52. The number of aliphatic hydroxyl groups excluding tert-OH is 1. The minimum absolute atomic E-state index is 0.196. The average molecular weight is 178 g/mol. The van der Waals surface area contributed by atoms with Crippen molar-refractivity contribution in [1.29, 1.82) is 0 Å². The zero-order valence-corrected chi connectivity index (χ0v) is 7.52. The van der Waals surface area contributed by atoms with Gasteiger partial charge < -0.3 is 9.84 Å². The first-order valence-electron chi connectivity index (χ1n) is 4.37. The standard InChI is InChI=1S/C11H14O2/c12-9-5-2-6-10-13-11-7-3-1-4-8-11/h1-4,6-8,12H,5,9-10H2/b6-2-. The fraction of sp³-hybridized carbons (Fsp3) is 0.273. The number of benzene rings is 1. The van der Waals surface area contributed by atoms with Gasteiger partial charge in [0, 0.05) is 6.61 Å². The molecule has 0 aliphatic heterocycles. The quantitative estimate of drug-likeness (QED) is 0.699. The molecule has 1 N–H and O–H groups in total. The van der Waals surface area contributed by atoms with Gasteiger partial charge in [0.1, 0.15) is 12.4 Å². The minimum Gasteiger partial charge on any atom is -0.490 e. The molecule has 0 fully saturated rings. The Kier molecular flexibility index (Phi) is 4.72. The van der Waals surface area contributed by atoms with Gasteiger partial charge in [-0.2, -0.15) is 0 Å². The van der Waals surface area contributed by atoms with Crippen molar-refractivity contribution in [2.45, 2.75) is 6.42 Å². The third-order valence-corrected chi connectivity index (χ3v) is 1.55. The van der Waals surface area contributed by atoms with Crippen molar-refractivity contribution in [3.8, 4) is 5.75 Å². The molecule has 0 atom stereocenters. The summed E-state index contributed by atoms with van der Waals surface area (Å²) in [5.41, 5.74) is 0. The molecule has 0 heterocycles. The maximum absolute atomic E-state index is 8.49. The summed E-state index contributed by atoms with van der Waals surface area (Å²) < 4.78 is 5.38. The predicted octanol–water partition coefficient (Wildman–Crippen LogP) is 2.00. The molecular formula is C11H14O2. The summed E-state index contributed by atoms with van der Waals surface area (Å²) in [5, 5.41) is 8.49. The summed E-state index contributed by atoms with van der Waals surface area (Å²) in [4.78, 5) is 0. The number of para-hydroxylation sites is 1. The summed E-state index contributed by atoms with van der Waals surface area (Å²) in [6, 6.07) is 9.66. The van der Waals surface area contributed by atoms with Crippen LogP contribution >= 0.6 is 0 Å². The SMILES string of the molecule is OCC/C=C\COc1ccccc1. The minimum atomic E-state index is 0.196. The molecule has 0 saturated heterocycles. The van der Waals surface area contributed by atoms with Crippen molar-refractivity contribution >= 4 is 0 Å². The van der Waals surface area contributed by atoms with Gasteiger partial charge in [-0.15, -0.1) is 0 Å². The van der Waals surface area contributed by atoms with Crippen LogP contribution in [0, 0.1) is 0 Å². The van der Waals surface area contributed by atoms with Gasteiger partial charge in [0.05, 0.1) is 0 Å². The zero-order chi connectivity index (χ0) is 9.36. The Morgan fingerprint density at radius 2 is 1.92 bits per heavy atom. The van der Waals surface area contributed by atoms with Gasteiger partial charge in [-0.3, -0.25) is 0 Å². The summed E-state index contributed by atoms with van der Waals surface area (Å²) in [6.07, 6.45) is 4.50. The molecule has 0 aliphatic carbocycles. The lowest BCUT2D eigenvalue weighted by Crippen LogP contribution is -1.92. The summed E-state index contributed by atoms with van der Waals surface area (Å²) in [6.45, 7) is 0.756. The maximum atomic E-state index is 8.49. The smallest absolute Gasteiger partial charge is 0.119 e. The van der Waals surface area contributed by atoms with Crippen LogP contribution in [-0.2, 0) is 0 Å². The Morgan fingerprint density at radius 1 is 1.15 bits per heavy atom. The van der Waals surface area contributed by atoms with Crippen molar-refractivity contribution < 1.29 is 9.84 Å². The Hall–Kier alpha value is -1.28. The number of aliphatic hydroxyl groups is 1. The fourth-order valence-corrected chi connectivity index (χ4v) is 0.921. The van der Waals surface area contributed by atoms with Crippen molar-refractivity contribution in [1.82, 2.24) is 0 Å². The van der Waals surface area contributed by atoms with E-state index in [0.717, 1.165) is 5.75 Å². The van der Waals surface area contributed by atoms with Crippen LogP contribution in [0.4, 0.5) is 0 Å². The third kappa shape index (κ3) is 4.33. The first kappa shape index (κ1) is 9.81. The van der Waals surface area contributed by atoms with E-state index in [-0.39, 0.29) is 6.61 Å². The van der Waals surface area contributed by atoms with E-state index in [1.165, 1.54) is 0 Å². The maximum Gasteiger partial charge on any atom is 0.119 e. The van der Waals surface area contributed by atoms with E-state index in [2.05, 4.69) is 0 Å². The summed E-state index contributed by atoms with van der Waals surface area (Å²) >= 11 is 0. The van der Waals surface area contributed by atoms with Gasteiger partial charge in [0.25, 0.3) is 0 Å². The Morgan fingerprint density at radius 3 is 2.62 bits per heavy atom. The molecule has 1 rings (SSSR count). The van der Waals surface area contributed by atoms with Gasteiger partial charge in [-0.05, 0) is 18.6 Å². The molecule has 1 aromatic rings. The topological polar surface area (TPSA) is 29.5 Å². The largest absolute Gasteiger partial charge is 0.490 e. The number of ether oxygens (including phenoxy) is 1. The molecule has 0 aliphatic rings. The van der Waals surface area contributed by atoms with E-state index in [9.17, 15) is 0 Å². The Balaban J connectivity index is 2.20. The molecule has 0 aromatic heterocycles. The fourth-order valence-electron chi connectivity index (χ4n) is 0.921. The van der Waals surface area contributed by atoms with Gasteiger partial charge >= 0.3 is 0 Å². The Labute approximate surface area is 78.5 Å². The van der Waals surface area contributed by atoms with Crippen LogP contribution in [0.15, 0.2) is 42.5 Å². The first-order valence-corrected chi connectivity index (χ1v) is 4.37. The van der Waals surface area contributed by atoms with E-state index in [4.69, 9.17) is 9.84 Å². The van der Waals surface area contributed by atoms with E-state index in [1.54, 1.807) is 0 Å². The predicted molar refractivity (Wildman–Crippen MR) is 52.8 cm³/mol. The van der Waals surface area contributed by atoms with Crippen LogP contribution in [0.5, 0.6) is 5.75 Å². The van der Waals surface area contributed by atoms with Gasteiger partial charge in [0.15, 0.2) is 0 Å². The van der Waals surface area contributed by atoms with Gasteiger partial charge in [0.2, 0.25) is 0 Å². The first-order chi connectivity index (χ1) is 6.43. The normalized spacial score (nSPS) is 10.5. The molecule has 70 valence electrons. The van der Waals surface area contributed by atoms with Crippen LogP contribution in [0.25, 0.3) is 0 Å². The molecular weight excluding hydrogens is 164 g/mol. The number of hydrogen-bond donors (Lipinski definition) is 1. The second kappa shape index (κ2) is 6.26. The molecule has 0 amide bonds. The lowest BCUT2D eigenvalue weighted by molar-refractivity contribution is 0.302. The second-order valence-electron chi connectivity index (χ2n) is 2.61. The second-order valence-corrected chi connectivity index (χ2v) is 2.61. The van der Waals surface area contributed by atoms with E-state index >= 15 is 0 Å².